The molecule has 168 valence electrons. The third kappa shape index (κ3) is 6.09. The van der Waals surface area contributed by atoms with Gasteiger partial charge in [0.05, 0.1) is 23.5 Å². The van der Waals surface area contributed by atoms with Crippen LogP contribution in [0.3, 0.4) is 0 Å². The quantitative estimate of drug-likeness (QED) is 0.309. The Hall–Kier alpha value is -2.87. The molecule has 1 aliphatic carbocycles. The Morgan fingerprint density at radius 1 is 1.22 bits per heavy atom. The maximum absolute atomic E-state index is 12.5. The van der Waals surface area contributed by atoms with E-state index in [0.717, 1.165) is 29.7 Å². The van der Waals surface area contributed by atoms with Crippen molar-refractivity contribution in [3.05, 3.63) is 45.8 Å². The van der Waals surface area contributed by atoms with E-state index >= 15 is 0 Å². The number of aryl methyl sites for hydroxylation is 1. The van der Waals surface area contributed by atoms with Crippen LogP contribution in [0.2, 0.25) is 0 Å². The summed E-state index contributed by atoms with van der Waals surface area (Å²) in [5.74, 6) is -1.20. The van der Waals surface area contributed by atoms with Gasteiger partial charge in [-0.15, -0.1) is 23.1 Å². The first kappa shape index (κ1) is 23.8. The molecule has 32 heavy (non-hydrogen) atoms. The van der Waals surface area contributed by atoms with Crippen molar-refractivity contribution in [2.75, 3.05) is 37.9 Å². The largest absolute Gasteiger partial charge is 0.452 e. The van der Waals surface area contributed by atoms with Crippen molar-refractivity contribution in [2.24, 2.45) is 0 Å². The van der Waals surface area contributed by atoms with E-state index in [-0.39, 0.29) is 17.2 Å². The number of hydrogen-bond donors (Lipinski definition) is 2. The minimum atomic E-state index is -0.655. The van der Waals surface area contributed by atoms with Crippen LogP contribution in [0.5, 0.6) is 0 Å². The number of carbonyl (C=O) groups excluding carboxylic acids is 3. The molecule has 0 aliphatic heterocycles. The van der Waals surface area contributed by atoms with E-state index in [0.29, 0.717) is 28.6 Å². The topological polar surface area (TPSA) is 118 Å². The average molecular weight is 474 g/mol. The van der Waals surface area contributed by atoms with Crippen molar-refractivity contribution < 1.29 is 23.9 Å². The molecule has 0 fully saturated rings. The van der Waals surface area contributed by atoms with Crippen LogP contribution < -0.4 is 10.6 Å². The molecule has 2 amide bonds. The highest BCUT2D eigenvalue weighted by Crippen LogP contribution is 2.38. The van der Waals surface area contributed by atoms with Crippen molar-refractivity contribution in [3.8, 4) is 6.07 Å². The fraction of sp³-hybridized carbons (Fsp3) is 0.364. The van der Waals surface area contributed by atoms with Gasteiger partial charge in [-0.25, -0.2) is 4.79 Å². The maximum atomic E-state index is 12.5. The third-order valence-corrected chi connectivity index (χ3v) is 7.00. The molecule has 2 N–H and O–H groups in total. The van der Waals surface area contributed by atoms with Crippen LogP contribution >= 0.6 is 23.1 Å². The Morgan fingerprint density at radius 2 is 2.03 bits per heavy atom. The van der Waals surface area contributed by atoms with Gasteiger partial charge in [-0.2, -0.15) is 5.26 Å². The van der Waals surface area contributed by atoms with Crippen molar-refractivity contribution in [1.29, 1.82) is 5.26 Å². The van der Waals surface area contributed by atoms with Gasteiger partial charge in [0.25, 0.3) is 5.91 Å². The predicted molar refractivity (Wildman–Crippen MR) is 122 cm³/mol. The summed E-state index contributed by atoms with van der Waals surface area (Å²) in [6.45, 7) is 0.365. The normalized spacial score (nSPS) is 12.0. The molecule has 2 aromatic rings. The number of nitrogens with zero attached hydrogens (tertiary/aromatic N) is 1. The van der Waals surface area contributed by atoms with E-state index in [9.17, 15) is 19.6 Å². The molecular weight excluding hydrogens is 450 g/mol. The van der Waals surface area contributed by atoms with Gasteiger partial charge in [-0.3, -0.25) is 9.59 Å². The SMILES string of the molecule is COCCNC(=O)CSc1ccccc1C(=O)OCC(=O)Nc1sc2c(c1C#N)CCC2. The molecule has 0 unspecified atom stereocenters. The number of ether oxygens (including phenoxy) is 2. The number of fused-ring (bicyclic) bond motifs is 1. The zero-order chi connectivity index (χ0) is 22.9. The van der Waals surface area contributed by atoms with Crippen LogP contribution in [0.25, 0.3) is 0 Å². The minimum Gasteiger partial charge on any atom is -0.452 e. The lowest BCUT2D eigenvalue weighted by Crippen LogP contribution is -2.28. The first-order valence-electron chi connectivity index (χ1n) is 10.0. The second kappa shape index (κ2) is 11.7. The fourth-order valence-electron chi connectivity index (χ4n) is 3.23. The number of benzene rings is 1. The monoisotopic (exact) mass is 473 g/mol. The van der Waals surface area contributed by atoms with E-state index in [1.165, 1.54) is 23.1 Å². The van der Waals surface area contributed by atoms with Crippen LogP contribution in [-0.2, 0) is 31.9 Å². The van der Waals surface area contributed by atoms with E-state index in [2.05, 4.69) is 16.7 Å². The van der Waals surface area contributed by atoms with Gasteiger partial charge in [-0.1, -0.05) is 12.1 Å². The van der Waals surface area contributed by atoms with Crippen LogP contribution in [-0.4, -0.2) is 50.4 Å². The summed E-state index contributed by atoms with van der Waals surface area (Å²) < 4.78 is 10.1. The van der Waals surface area contributed by atoms with Crippen molar-refractivity contribution >= 4 is 45.9 Å². The van der Waals surface area contributed by atoms with Gasteiger partial charge in [0.15, 0.2) is 6.61 Å². The summed E-state index contributed by atoms with van der Waals surface area (Å²) in [6, 6.07) is 8.91. The first-order valence-corrected chi connectivity index (χ1v) is 11.8. The Morgan fingerprint density at radius 3 is 2.81 bits per heavy atom. The summed E-state index contributed by atoms with van der Waals surface area (Å²) in [5, 5.41) is 15.3. The van der Waals surface area contributed by atoms with Crippen molar-refractivity contribution in [1.82, 2.24) is 5.32 Å². The number of carbonyl (C=O) groups is 3. The fourth-order valence-corrected chi connectivity index (χ4v) is 5.36. The number of nitrogens with one attached hydrogen (secondary N) is 2. The number of rotatable bonds is 10. The number of nitriles is 1. The molecule has 8 nitrogen and oxygen atoms in total. The highest BCUT2D eigenvalue weighted by molar-refractivity contribution is 8.00. The summed E-state index contributed by atoms with van der Waals surface area (Å²) in [5.41, 5.74) is 1.80. The third-order valence-electron chi connectivity index (χ3n) is 4.71. The van der Waals surface area contributed by atoms with Crippen LogP contribution in [0.15, 0.2) is 29.2 Å². The number of esters is 1. The van der Waals surface area contributed by atoms with Crippen LogP contribution in [0.4, 0.5) is 5.00 Å². The number of thioether (sulfide) groups is 1. The van der Waals surface area contributed by atoms with E-state index in [1.807, 2.05) is 0 Å². The van der Waals surface area contributed by atoms with Crippen molar-refractivity contribution in [3.63, 3.8) is 0 Å². The average Bonchev–Trinajstić information content (AvgIpc) is 3.37. The molecule has 0 bridgehead atoms. The highest BCUT2D eigenvalue weighted by Gasteiger charge is 2.23. The zero-order valence-electron chi connectivity index (χ0n) is 17.6. The first-order chi connectivity index (χ1) is 15.5. The second-order valence-corrected chi connectivity index (χ2v) is 9.05. The highest BCUT2D eigenvalue weighted by atomic mass is 32.2. The van der Waals surface area contributed by atoms with Gasteiger partial charge in [0.2, 0.25) is 5.91 Å². The maximum Gasteiger partial charge on any atom is 0.339 e. The number of amides is 2. The number of anilines is 1. The van der Waals surface area contributed by atoms with Crippen LogP contribution in [0, 0.1) is 11.3 Å². The zero-order valence-corrected chi connectivity index (χ0v) is 19.2. The molecule has 1 aromatic heterocycles. The van der Waals surface area contributed by atoms with E-state index < -0.39 is 18.5 Å². The van der Waals surface area contributed by atoms with Gasteiger partial charge in [0, 0.05) is 23.4 Å². The Labute approximate surface area is 194 Å². The molecule has 1 aromatic carbocycles. The molecule has 0 saturated heterocycles. The van der Waals surface area contributed by atoms with Gasteiger partial charge in [-0.05, 0) is 37.0 Å². The molecule has 1 aliphatic rings. The molecule has 0 spiro atoms. The Bertz CT molecular complexity index is 1040. The molecule has 0 saturated carbocycles. The van der Waals surface area contributed by atoms with Gasteiger partial charge in [0.1, 0.15) is 11.1 Å². The molecule has 1 heterocycles. The molecular formula is C22H23N3O5S2. The lowest BCUT2D eigenvalue weighted by atomic mass is 10.1. The molecule has 3 rings (SSSR count). The molecule has 0 radical (unpaired) electrons. The molecule has 0 atom stereocenters. The second-order valence-electron chi connectivity index (χ2n) is 6.93. The Kier molecular flexibility index (Phi) is 8.67. The number of methoxy groups -OCH3 is 1. The minimum absolute atomic E-state index is 0.133. The standard InChI is InChI=1S/C22H23N3O5S2/c1-29-10-9-24-20(27)13-31-17-7-3-2-5-15(17)22(28)30-12-19(26)25-21-16(11-23)14-6-4-8-18(14)32-21/h2-3,5,7H,4,6,8-10,12-13H2,1H3,(H,24,27)(H,25,26). The van der Waals surface area contributed by atoms with E-state index in [4.69, 9.17) is 9.47 Å². The van der Waals surface area contributed by atoms with Gasteiger partial charge >= 0.3 is 5.97 Å². The van der Waals surface area contributed by atoms with Gasteiger partial charge < -0.3 is 20.1 Å². The summed E-state index contributed by atoms with van der Waals surface area (Å²) in [7, 11) is 1.55. The summed E-state index contributed by atoms with van der Waals surface area (Å²) >= 11 is 2.61. The lowest BCUT2D eigenvalue weighted by molar-refractivity contribution is -0.119. The predicted octanol–water partition coefficient (Wildman–Crippen LogP) is 2.76. The van der Waals surface area contributed by atoms with E-state index in [1.54, 1.807) is 31.4 Å². The van der Waals surface area contributed by atoms with Crippen LogP contribution in [0.1, 0.15) is 32.8 Å². The number of hydrogen-bond acceptors (Lipinski definition) is 8. The Balaban J connectivity index is 1.53. The smallest absolute Gasteiger partial charge is 0.339 e. The summed E-state index contributed by atoms with van der Waals surface area (Å²) in [4.78, 5) is 38.4. The number of thiophene rings is 1. The lowest BCUT2D eigenvalue weighted by Gasteiger charge is -2.10. The molecule has 10 heteroatoms. The summed E-state index contributed by atoms with van der Waals surface area (Å²) in [6.07, 6.45) is 2.78. The van der Waals surface area contributed by atoms with Crippen molar-refractivity contribution in [2.45, 2.75) is 24.2 Å².